The van der Waals surface area contributed by atoms with Crippen molar-refractivity contribution in [2.24, 2.45) is 0 Å². The average Bonchev–Trinajstić information content (AvgIpc) is 2.62. The number of nitrogens with one attached hydrogen (secondary N) is 2. The van der Waals surface area contributed by atoms with Gasteiger partial charge in [-0.15, -0.1) is 0 Å². The summed E-state index contributed by atoms with van der Waals surface area (Å²) in [5, 5.41) is 15.8. The number of anilines is 3. The number of carboxylic acids is 1. The highest BCUT2D eigenvalue weighted by atomic mass is 35.5. The van der Waals surface area contributed by atoms with Crippen LogP contribution in [-0.4, -0.2) is 21.0 Å². The Kier molecular flexibility index (Phi) is 5.11. The molecule has 0 saturated heterocycles. The summed E-state index contributed by atoms with van der Waals surface area (Å²) < 4.78 is 0. The molecule has 0 aliphatic rings. The molecule has 3 rings (SSSR count). The molecule has 0 bridgehead atoms. The molecule has 0 saturated carbocycles. The van der Waals surface area contributed by atoms with Crippen molar-refractivity contribution in [3.8, 4) is 0 Å². The largest absolute Gasteiger partial charge is 0.478 e. The van der Waals surface area contributed by atoms with E-state index in [0.29, 0.717) is 29.0 Å². The standard InChI is InChI=1S/C18H15ClN4O2/c19-15-4-2-1-3-13(15)11-21-16-9-10-20-18(23-16)22-14-7-5-12(6-8-14)17(24)25/h1-10H,11H2,(H,24,25)(H2,20,21,22,23). The van der Waals surface area contributed by atoms with E-state index in [4.69, 9.17) is 16.7 Å². The lowest BCUT2D eigenvalue weighted by Gasteiger charge is -2.09. The summed E-state index contributed by atoms with van der Waals surface area (Å²) in [4.78, 5) is 19.4. The third kappa shape index (κ3) is 4.45. The first-order chi connectivity index (χ1) is 12.1. The van der Waals surface area contributed by atoms with E-state index in [0.717, 1.165) is 5.56 Å². The summed E-state index contributed by atoms with van der Waals surface area (Å²) in [6, 6.07) is 15.7. The zero-order valence-corrected chi connectivity index (χ0v) is 13.9. The molecule has 0 fully saturated rings. The minimum absolute atomic E-state index is 0.224. The van der Waals surface area contributed by atoms with Crippen molar-refractivity contribution >= 4 is 35.0 Å². The summed E-state index contributed by atoms with van der Waals surface area (Å²) in [7, 11) is 0. The van der Waals surface area contributed by atoms with E-state index in [2.05, 4.69) is 20.6 Å². The smallest absolute Gasteiger partial charge is 0.335 e. The molecule has 3 N–H and O–H groups in total. The van der Waals surface area contributed by atoms with Crippen LogP contribution < -0.4 is 10.6 Å². The second-order valence-electron chi connectivity index (χ2n) is 5.22. The van der Waals surface area contributed by atoms with Crippen LogP contribution in [0.2, 0.25) is 5.02 Å². The number of hydrogen-bond donors (Lipinski definition) is 3. The maximum Gasteiger partial charge on any atom is 0.335 e. The second-order valence-corrected chi connectivity index (χ2v) is 5.63. The van der Waals surface area contributed by atoms with Gasteiger partial charge in [0.15, 0.2) is 0 Å². The van der Waals surface area contributed by atoms with Gasteiger partial charge >= 0.3 is 5.97 Å². The van der Waals surface area contributed by atoms with Crippen molar-refractivity contribution < 1.29 is 9.90 Å². The molecule has 7 heteroatoms. The molecule has 126 valence electrons. The third-order valence-corrected chi connectivity index (χ3v) is 3.83. The van der Waals surface area contributed by atoms with Crippen LogP contribution in [0.3, 0.4) is 0 Å². The van der Waals surface area contributed by atoms with E-state index in [1.807, 2.05) is 24.3 Å². The van der Waals surface area contributed by atoms with Gasteiger partial charge in [-0.05, 0) is 42.0 Å². The molecule has 3 aromatic rings. The van der Waals surface area contributed by atoms with Gasteiger partial charge in [0.25, 0.3) is 0 Å². The quantitative estimate of drug-likeness (QED) is 0.615. The Labute approximate surface area is 149 Å². The maximum atomic E-state index is 10.9. The topological polar surface area (TPSA) is 87.1 Å². The fourth-order valence-electron chi connectivity index (χ4n) is 2.17. The first-order valence-corrected chi connectivity index (χ1v) is 7.90. The molecular formula is C18H15ClN4O2. The molecule has 1 heterocycles. The van der Waals surface area contributed by atoms with Crippen molar-refractivity contribution in [2.45, 2.75) is 6.54 Å². The summed E-state index contributed by atoms with van der Waals surface area (Å²) in [5.74, 6) is 0.0976. The predicted octanol–water partition coefficient (Wildman–Crippen LogP) is 4.18. The second kappa shape index (κ2) is 7.63. The number of hydrogen-bond acceptors (Lipinski definition) is 5. The first kappa shape index (κ1) is 16.7. The molecule has 0 amide bonds. The van der Waals surface area contributed by atoms with Crippen molar-refractivity contribution in [1.82, 2.24) is 9.97 Å². The molecule has 2 aromatic carbocycles. The van der Waals surface area contributed by atoms with Gasteiger partial charge < -0.3 is 15.7 Å². The van der Waals surface area contributed by atoms with Crippen LogP contribution in [0.15, 0.2) is 60.8 Å². The van der Waals surface area contributed by atoms with Crippen LogP contribution in [0.4, 0.5) is 17.5 Å². The van der Waals surface area contributed by atoms with E-state index < -0.39 is 5.97 Å². The van der Waals surface area contributed by atoms with Crippen LogP contribution in [0, 0.1) is 0 Å². The monoisotopic (exact) mass is 354 g/mol. The highest BCUT2D eigenvalue weighted by Gasteiger charge is 2.04. The van der Waals surface area contributed by atoms with Gasteiger partial charge in [-0.2, -0.15) is 4.98 Å². The van der Waals surface area contributed by atoms with Crippen LogP contribution in [-0.2, 0) is 6.54 Å². The third-order valence-electron chi connectivity index (χ3n) is 3.46. The van der Waals surface area contributed by atoms with Gasteiger partial charge in [-0.1, -0.05) is 29.8 Å². The summed E-state index contributed by atoms with van der Waals surface area (Å²) in [6.07, 6.45) is 1.63. The van der Waals surface area contributed by atoms with Gasteiger partial charge in [-0.3, -0.25) is 0 Å². The van der Waals surface area contributed by atoms with Crippen molar-refractivity contribution in [1.29, 1.82) is 0 Å². The zero-order valence-electron chi connectivity index (χ0n) is 13.1. The van der Waals surface area contributed by atoms with Crippen molar-refractivity contribution in [2.75, 3.05) is 10.6 Å². The lowest BCUT2D eigenvalue weighted by molar-refractivity contribution is 0.0697. The molecule has 0 aliphatic heterocycles. The summed E-state index contributed by atoms with van der Waals surface area (Å²) in [5.41, 5.74) is 1.90. The van der Waals surface area contributed by atoms with Crippen LogP contribution in [0.1, 0.15) is 15.9 Å². The number of aromatic nitrogens is 2. The number of halogens is 1. The van der Waals surface area contributed by atoms with E-state index >= 15 is 0 Å². The molecule has 0 aliphatic carbocycles. The fourth-order valence-corrected chi connectivity index (χ4v) is 2.37. The number of nitrogens with zero attached hydrogens (tertiary/aromatic N) is 2. The minimum Gasteiger partial charge on any atom is -0.478 e. The molecule has 0 spiro atoms. The van der Waals surface area contributed by atoms with Crippen LogP contribution >= 0.6 is 11.6 Å². The zero-order chi connectivity index (χ0) is 17.6. The maximum absolute atomic E-state index is 10.9. The normalized spacial score (nSPS) is 10.3. The highest BCUT2D eigenvalue weighted by Crippen LogP contribution is 2.18. The van der Waals surface area contributed by atoms with E-state index in [9.17, 15) is 4.79 Å². The molecule has 0 atom stereocenters. The number of carbonyl (C=O) groups is 1. The first-order valence-electron chi connectivity index (χ1n) is 7.52. The van der Waals surface area contributed by atoms with Crippen LogP contribution in [0.25, 0.3) is 0 Å². The van der Waals surface area contributed by atoms with Gasteiger partial charge in [-0.25, -0.2) is 9.78 Å². The summed E-state index contributed by atoms with van der Waals surface area (Å²) >= 11 is 6.14. The Balaban J connectivity index is 1.67. The number of benzene rings is 2. The highest BCUT2D eigenvalue weighted by molar-refractivity contribution is 6.31. The lowest BCUT2D eigenvalue weighted by Crippen LogP contribution is -2.04. The van der Waals surface area contributed by atoms with Crippen molar-refractivity contribution in [3.63, 3.8) is 0 Å². The van der Waals surface area contributed by atoms with E-state index in [1.54, 1.807) is 24.4 Å². The van der Waals surface area contributed by atoms with E-state index in [1.165, 1.54) is 12.1 Å². The Bertz CT molecular complexity index is 884. The molecular weight excluding hydrogens is 340 g/mol. The van der Waals surface area contributed by atoms with Gasteiger partial charge in [0.1, 0.15) is 5.82 Å². The molecule has 6 nitrogen and oxygen atoms in total. The number of aromatic carboxylic acids is 1. The minimum atomic E-state index is -0.964. The van der Waals surface area contributed by atoms with Gasteiger partial charge in [0.05, 0.1) is 5.56 Å². The summed E-state index contributed by atoms with van der Waals surface area (Å²) in [6.45, 7) is 0.545. The molecule has 1 aromatic heterocycles. The number of carboxylic acid groups (broad SMARTS) is 1. The lowest BCUT2D eigenvalue weighted by atomic mass is 10.2. The Morgan fingerprint density at radius 1 is 1.08 bits per heavy atom. The fraction of sp³-hybridized carbons (Fsp3) is 0.0556. The number of rotatable bonds is 6. The molecule has 0 radical (unpaired) electrons. The van der Waals surface area contributed by atoms with Gasteiger partial charge in [0, 0.05) is 23.5 Å². The van der Waals surface area contributed by atoms with E-state index in [-0.39, 0.29) is 5.56 Å². The SMILES string of the molecule is O=C(O)c1ccc(Nc2nccc(NCc3ccccc3Cl)n2)cc1. The average molecular weight is 355 g/mol. The predicted molar refractivity (Wildman–Crippen MR) is 97.5 cm³/mol. The Morgan fingerprint density at radius 3 is 2.56 bits per heavy atom. The Morgan fingerprint density at radius 2 is 1.84 bits per heavy atom. The van der Waals surface area contributed by atoms with Gasteiger partial charge in [0.2, 0.25) is 5.95 Å². The molecule has 25 heavy (non-hydrogen) atoms. The Hall–Kier alpha value is -3.12. The van der Waals surface area contributed by atoms with Crippen molar-refractivity contribution in [3.05, 3.63) is 76.9 Å². The van der Waals surface area contributed by atoms with Crippen LogP contribution in [0.5, 0.6) is 0 Å². The molecule has 0 unspecified atom stereocenters.